The van der Waals surface area contributed by atoms with Crippen LogP contribution in [-0.4, -0.2) is 26.2 Å². The standard InChI is InChI=1S/C4H7N7O2/c5-1-7-2(6)9-3(8-1)10-11-4(12)13/h11H,(H,12,13)(H5,5,6,7,8,9,10). The van der Waals surface area contributed by atoms with Crippen LogP contribution >= 0.6 is 0 Å². The van der Waals surface area contributed by atoms with Crippen LogP contribution in [0.25, 0.3) is 0 Å². The molecule has 1 aromatic heterocycles. The molecule has 0 fully saturated rings. The highest BCUT2D eigenvalue weighted by atomic mass is 16.4. The minimum atomic E-state index is -1.28. The van der Waals surface area contributed by atoms with Gasteiger partial charge >= 0.3 is 6.09 Å². The van der Waals surface area contributed by atoms with Gasteiger partial charge in [0.05, 0.1) is 0 Å². The lowest BCUT2D eigenvalue weighted by molar-refractivity contribution is 0.196. The molecule has 0 saturated heterocycles. The summed E-state index contributed by atoms with van der Waals surface area (Å²) in [6.07, 6.45) is -1.28. The van der Waals surface area contributed by atoms with E-state index in [4.69, 9.17) is 16.6 Å². The number of anilines is 3. The van der Waals surface area contributed by atoms with Crippen molar-refractivity contribution < 1.29 is 9.90 Å². The molecule has 1 aromatic rings. The summed E-state index contributed by atoms with van der Waals surface area (Å²) >= 11 is 0. The summed E-state index contributed by atoms with van der Waals surface area (Å²) in [5.74, 6) is -0.253. The minimum absolute atomic E-state index is 0.0626. The molecule has 0 spiro atoms. The fourth-order valence-electron chi connectivity index (χ4n) is 0.575. The number of nitrogen functional groups attached to an aromatic ring is 2. The molecule has 9 heteroatoms. The number of amides is 1. The number of nitrogens with one attached hydrogen (secondary N) is 2. The van der Waals surface area contributed by atoms with E-state index in [1.165, 1.54) is 0 Å². The minimum Gasteiger partial charge on any atom is -0.464 e. The predicted octanol–water partition coefficient (Wildman–Crippen LogP) is -1.37. The van der Waals surface area contributed by atoms with Crippen molar-refractivity contribution in [2.45, 2.75) is 0 Å². The summed E-state index contributed by atoms with van der Waals surface area (Å²) in [6, 6.07) is 0. The number of rotatable bonds is 2. The first-order chi connectivity index (χ1) is 6.08. The molecule has 0 aliphatic rings. The van der Waals surface area contributed by atoms with Crippen LogP contribution in [0.2, 0.25) is 0 Å². The quantitative estimate of drug-likeness (QED) is 0.354. The lowest BCUT2D eigenvalue weighted by Gasteiger charge is -2.03. The SMILES string of the molecule is Nc1nc(N)nc(NNC(=O)O)n1. The first-order valence-electron chi connectivity index (χ1n) is 3.10. The molecule has 0 atom stereocenters. The summed E-state index contributed by atoms with van der Waals surface area (Å²) < 4.78 is 0. The molecule has 1 rings (SSSR count). The van der Waals surface area contributed by atoms with E-state index >= 15 is 0 Å². The third-order valence-electron chi connectivity index (χ3n) is 0.951. The van der Waals surface area contributed by atoms with Crippen molar-refractivity contribution in [3.8, 4) is 0 Å². The van der Waals surface area contributed by atoms with Crippen molar-refractivity contribution in [3.63, 3.8) is 0 Å². The normalized spacial score (nSPS) is 9.23. The van der Waals surface area contributed by atoms with E-state index in [2.05, 4.69) is 20.4 Å². The average Bonchev–Trinajstić information content (AvgIpc) is 1.99. The molecule has 0 aromatic carbocycles. The van der Waals surface area contributed by atoms with Crippen molar-refractivity contribution in [2.75, 3.05) is 16.9 Å². The molecule has 0 unspecified atom stereocenters. The number of hydrazine groups is 1. The van der Waals surface area contributed by atoms with E-state index in [1.807, 2.05) is 5.43 Å². The molecule has 0 bridgehead atoms. The monoisotopic (exact) mass is 185 g/mol. The van der Waals surface area contributed by atoms with Gasteiger partial charge in [-0.2, -0.15) is 15.0 Å². The number of carboxylic acid groups (broad SMARTS) is 1. The van der Waals surface area contributed by atoms with Crippen molar-refractivity contribution in [2.24, 2.45) is 0 Å². The number of hydrogen-bond donors (Lipinski definition) is 5. The van der Waals surface area contributed by atoms with Gasteiger partial charge in [0.2, 0.25) is 17.8 Å². The summed E-state index contributed by atoms with van der Waals surface area (Å²) in [4.78, 5) is 20.6. The Balaban J connectivity index is 2.71. The van der Waals surface area contributed by atoms with Gasteiger partial charge < -0.3 is 16.6 Å². The third kappa shape index (κ3) is 2.65. The van der Waals surface area contributed by atoms with Gasteiger partial charge in [0, 0.05) is 0 Å². The van der Waals surface area contributed by atoms with Crippen molar-refractivity contribution in [1.29, 1.82) is 0 Å². The Kier molecular flexibility index (Phi) is 2.28. The summed E-state index contributed by atoms with van der Waals surface area (Å²) in [5, 5.41) is 8.21. The van der Waals surface area contributed by atoms with E-state index in [1.54, 1.807) is 0 Å². The molecule has 0 saturated carbocycles. The van der Waals surface area contributed by atoms with Crippen LogP contribution in [-0.2, 0) is 0 Å². The molecule has 0 aliphatic heterocycles. The van der Waals surface area contributed by atoms with Gasteiger partial charge in [-0.3, -0.25) is 5.43 Å². The fourth-order valence-corrected chi connectivity index (χ4v) is 0.575. The van der Waals surface area contributed by atoms with Gasteiger partial charge in [-0.05, 0) is 0 Å². The predicted molar refractivity (Wildman–Crippen MR) is 43.4 cm³/mol. The van der Waals surface area contributed by atoms with Crippen molar-refractivity contribution >= 4 is 23.9 Å². The maximum atomic E-state index is 10.0. The molecule has 9 nitrogen and oxygen atoms in total. The van der Waals surface area contributed by atoms with Crippen LogP contribution in [0.3, 0.4) is 0 Å². The fraction of sp³-hybridized carbons (Fsp3) is 0. The molecule has 0 aliphatic carbocycles. The Bertz CT molecular complexity index is 306. The largest absolute Gasteiger partial charge is 0.464 e. The van der Waals surface area contributed by atoms with Gasteiger partial charge in [-0.25, -0.2) is 10.2 Å². The molecular formula is C4H7N7O2. The van der Waals surface area contributed by atoms with E-state index in [9.17, 15) is 4.79 Å². The van der Waals surface area contributed by atoms with Gasteiger partial charge in [-0.1, -0.05) is 0 Å². The van der Waals surface area contributed by atoms with Gasteiger partial charge in [0.15, 0.2) is 0 Å². The second-order valence-corrected chi connectivity index (χ2v) is 1.93. The molecule has 7 N–H and O–H groups in total. The van der Waals surface area contributed by atoms with Crippen LogP contribution in [0.15, 0.2) is 0 Å². The lowest BCUT2D eigenvalue weighted by atomic mass is 10.8. The maximum Gasteiger partial charge on any atom is 0.423 e. The third-order valence-corrected chi connectivity index (χ3v) is 0.951. The van der Waals surface area contributed by atoms with E-state index in [0.717, 1.165) is 0 Å². The van der Waals surface area contributed by atoms with Crippen LogP contribution in [0.5, 0.6) is 0 Å². The van der Waals surface area contributed by atoms with Crippen molar-refractivity contribution in [3.05, 3.63) is 0 Å². The van der Waals surface area contributed by atoms with Crippen LogP contribution < -0.4 is 22.3 Å². The topological polar surface area (TPSA) is 152 Å². The Morgan fingerprint density at radius 3 is 2.23 bits per heavy atom. The Hall–Kier alpha value is -2.32. The zero-order chi connectivity index (χ0) is 9.84. The second-order valence-electron chi connectivity index (χ2n) is 1.93. The number of nitrogens with two attached hydrogens (primary N) is 2. The first kappa shape index (κ1) is 8.77. The molecule has 1 amide bonds. The lowest BCUT2D eigenvalue weighted by Crippen LogP contribution is -2.28. The highest BCUT2D eigenvalue weighted by molar-refractivity contribution is 5.66. The molecule has 13 heavy (non-hydrogen) atoms. The van der Waals surface area contributed by atoms with Gasteiger partial charge in [0.25, 0.3) is 0 Å². The number of hydrogen-bond acceptors (Lipinski definition) is 7. The summed E-state index contributed by atoms with van der Waals surface area (Å²) in [5.41, 5.74) is 14.4. The van der Waals surface area contributed by atoms with E-state index in [-0.39, 0.29) is 17.8 Å². The summed E-state index contributed by atoms with van der Waals surface area (Å²) in [7, 11) is 0. The van der Waals surface area contributed by atoms with Crippen LogP contribution in [0.1, 0.15) is 0 Å². The summed E-state index contributed by atoms with van der Waals surface area (Å²) in [6.45, 7) is 0. The highest BCUT2D eigenvalue weighted by Gasteiger charge is 2.01. The van der Waals surface area contributed by atoms with Gasteiger partial charge in [0.1, 0.15) is 0 Å². The van der Waals surface area contributed by atoms with E-state index in [0.29, 0.717) is 0 Å². The Labute approximate surface area is 72.2 Å². The smallest absolute Gasteiger partial charge is 0.423 e. The zero-order valence-electron chi connectivity index (χ0n) is 6.35. The molecular weight excluding hydrogens is 178 g/mol. The molecule has 1 heterocycles. The second kappa shape index (κ2) is 3.38. The highest BCUT2D eigenvalue weighted by Crippen LogP contribution is 2.01. The number of aromatic nitrogens is 3. The number of nitrogens with zero attached hydrogens (tertiary/aromatic N) is 3. The van der Waals surface area contributed by atoms with Crippen LogP contribution in [0.4, 0.5) is 22.6 Å². The Morgan fingerprint density at radius 1 is 1.23 bits per heavy atom. The zero-order valence-corrected chi connectivity index (χ0v) is 6.35. The average molecular weight is 185 g/mol. The molecule has 0 radical (unpaired) electrons. The Morgan fingerprint density at radius 2 is 1.77 bits per heavy atom. The van der Waals surface area contributed by atoms with E-state index < -0.39 is 6.09 Å². The number of carbonyl (C=O) groups is 1. The van der Waals surface area contributed by atoms with Gasteiger partial charge in [-0.15, -0.1) is 0 Å². The first-order valence-corrected chi connectivity index (χ1v) is 3.10. The molecule has 70 valence electrons. The maximum absolute atomic E-state index is 10.0. The van der Waals surface area contributed by atoms with Crippen molar-refractivity contribution in [1.82, 2.24) is 20.4 Å². The van der Waals surface area contributed by atoms with Crippen LogP contribution in [0, 0.1) is 0 Å².